The molecule has 2 heteroatoms. The average molecular weight is 164 g/mol. The number of hydrogen-bond acceptors (Lipinski definition) is 1. The fraction of sp³-hybridized carbons (Fsp3) is 0.300. The zero-order chi connectivity index (χ0) is 8.55. The van der Waals surface area contributed by atoms with Crippen LogP contribution in [0.5, 0.6) is 0 Å². The molecule has 0 spiro atoms. The van der Waals surface area contributed by atoms with Crippen molar-refractivity contribution in [3.8, 4) is 0 Å². The first-order valence-corrected chi connectivity index (χ1v) is 4.02. The quantitative estimate of drug-likeness (QED) is 0.612. The summed E-state index contributed by atoms with van der Waals surface area (Å²) in [5, 5.41) is 0. The number of carbonyl (C=O) groups excluding carboxylic acids is 1. The van der Waals surface area contributed by atoms with Crippen LogP contribution in [-0.2, 0) is 4.79 Å². The van der Waals surface area contributed by atoms with Crippen LogP contribution in [0.2, 0.25) is 0 Å². The van der Waals surface area contributed by atoms with E-state index in [-0.39, 0.29) is 11.7 Å². The highest BCUT2D eigenvalue weighted by molar-refractivity contribution is 5.61. The molecule has 0 heterocycles. The molecule has 0 N–H and O–H groups in total. The van der Waals surface area contributed by atoms with E-state index >= 15 is 0 Å². The number of benzene rings is 1. The molecular formula is C10H9FO. The molecule has 1 aliphatic rings. The molecular weight excluding hydrogens is 155 g/mol. The van der Waals surface area contributed by atoms with E-state index in [1.807, 2.05) is 0 Å². The van der Waals surface area contributed by atoms with Crippen molar-refractivity contribution in [1.82, 2.24) is 0 Å². The van der Waals surface area contributed by atoms with Gasteiger partial charge in [-0.3, -0.25) is 0 Å². The number of hydrogen-bond donors (Lipinski definition) is 0. The van der Waals surface area contributed by atoms with Crippen LogP contribution in [0.25, 0.3) is 0 Å². The van der Waals surface area contributed by atoms with Gasteiger partial charge in [-0.15, -0.1) is 0 Å². The van der Waals surface area contributed by atoms with Gasteiger partial charge >= 0.3 is 0 Å². The van der Waals surface area contributed by atoms with Crippen LogP contribution < -0.4 is 0 Å². The van der Waals surface area contributed by atoms with Gasteiger partial charge in [-0.25, -0.2) is 4.39 Å². The number of rotatable bonds is 2. The summed E-state index contributed by atoms with van der Waals surface area (Å²) in [5.41, 5.74) is 1.08. The molecule has 1 aromatic carbocycles. The van der Waals surface area contributed by atoms with Gasteiger partial charge in [0.15, 0.2) is 0 Å². The molecule has 1 fully saturated rings. The van der Waals surface area contributed by atoms with Crippen molar-refractivity contribution >= 4 is 6.29 Å². The minimum Gasteiger partial charge on any atom is -0.303 e. The first-order valence-electron chi connectivity index (χ1n) is 4.02. The highest BCUT2D eigenvalue weighted by Crippen LogP contribution is 2.45. The maximum atomic E-state index is 12.5. The van der Waals surface area contributed by atoms with Gasteiger partial charge in [0, 0.05) is 5.92 Å². The van der Waals surface area contributed by atoms with Gasteiger partial charge in [0.1, 0.15) is 12.1 Å². The SMILES string of the molecule is O=C[C@H]1C[C@@H]1c1ccc(F)cc1. The molecule has 1 aromatic rings. The van der Waals surface area contributed by atoms with E-state index < -0.39 is 0 Å². The lowest BCUT2D eigenvalue weighted by molar-refractivity contribution is -0.108. The Kier molecular flexibility index (Phi) is 1.68. The smallest absolute Gasteiger partial charge is 0.123 e. The van der Waals surface area contributed by atoms with Gasteiger partial charge in [0.2, 0.25) is 0 Å². The summed E-state index contributed by atoms with van der Waals surface area (Å²) in [6.07, 6.45) is 1.91. The predicted octanol–water partition coefficient (Wildman–Crippen LogP) is 2.13. The van der Waals surface area contributed by atoms with Gasteiger partial charge in [0.05, 0.1) is 0 Å². The molecule has 0 aliphatic heterocycles. The summed E-state index contributed by atoms with van der Waals surface area (Å²) in [6, 6.07) is 6.39. The van der Waals surface area contributed by atoms with Crippen LogP contribution in [0.15, 0.2) is 24.3 Å². The molecule has 0 bridgehead atoms. The summed E-state index contributed by atoms with van der Waals surface area (Å²) in [4.78, 5) is 10.3. The summed E-state index contributed by atoms with van der Waals surface area (Å²) in [6.45, 7) is 0. The third kappa shape index (κ3) is 1.24. The van der Waals surface area contributed by atoms with Crippen LogP contribution in [0.3, 0.4) is 0 Å². The number of aldehydes is 1. The molecule has 62 valence electrons. The normalized spacial score (nSPS) is 26.8. The second-order valence-electron chi connectivity index (χ2n) is 3.19. The maximum Gasteiger partial charge on any atom is 0.123 e. The first kappa shape index (κ1) is 7.47. The third-order valence-corrected chi connectivity index (χ3v) is 2.31. The van der Waals surface area contributed by atoms with E-state index in [0.717, 1.165) is 18.3 Å². The lowest BCUT2D eigenvalue weighted by Crippen LogP contribution is -1.84. The molecule has 2 atom stereocenters. The second kappa shape index (κ2) is 2.70. The van der Waals surface area contributed by atoms with Crippen LogP contribution in [-0.4, -0.2) is 6.29 Å². The lowest BCUT2D eigenvalue weighted by Gasteiger charge is -1.95. The molecule has 0 amide bonds. The van der Waals surface area contributed by atoms with E-state index in [2.05, 4.69) is 0 Å². The van der Waals surface area contributed by atoms with E-state index in [0.29, 0.717) is 5.92 Å². The minimum atomic E-state index is -0.220. The zero-order valence-corrected chi connectivity index (χ0v) is 6.53. The highest BCUT2D eigenvalue weighted by atomic mass is 19.1. The first-order chi connectivity index (χ1) is 5.81. The lowest BCUT2D eigenvalue weighted by atomic mass is 10.1. The van der Waals surface area contributed by atoms with Crippen LogP contribution in [0, 0.1) is 11.7 Å². The van der Waals surface area contributed by atoms with Crippen molar-refractivity contribution in [2.75, 3.05) is 0 Å². The molecule has 12 heavy (non-hydrogen) atoms. The van der Waals surface area contributed by atoms with E-state index in [1.165, 1.54) is 12.1 Å². The van der Waals surface area contributed by atoms with Crippen LogP contribution >= 0.6 is 0 Å². The van der Waals surface area contributed by atoms with Gasteiger partial charge in [-0.2, -0.15) is 0 Å². The van der Waals surface area contributed by atoms with Gasteiger partial charge < -0.3 is 4.79 Å². The van der Waals surface area contributed by atoms with E-state index in [1.54, 1.807) is 12.1 Å². The Balaban J connectivity index is 2.15. The molecule has 1 saturated carbocycles. The van der Waals surface area contributed by atoms with Crippen molar-refractivity contribution in [3.05, 3.63) is 35.6 Å². The molecule has 0 unspecified atom stereocenters. The van der Waals surface area contributed by atoms with Crippen molar-refractivity contribution in [2.24, 2.45) is 5.92 Å². The fourth-order valence-corrected chi connectivity index (χ4v) is 1.46. The van der Waals surface area contributed by atoms with Crippen molar-refractivity contribution < 1.29 is 9.18 Å². The van der Waals surface area contributed by atoms with Crippen molar-refractivity contribution in [3.63, 3.8) is 0 Å². The molecule has 0 saturated heterocycles. The molecule has 1 aliphatic carbocycles. The molecule has 0 radical (unpaired) electrons. The number of carbonyl (C=O) groups is 1. The summed E-state index contributed by atoms with van der Waals surface area (Å²) in [5.74, 6) is 0.306. The molecule has 2 rings (SSSR count). The largest absolute Gasteiger partial charge is 0.303 e. The number of halogens is 1. The Morgan fingerprint density at radius 2 is 2.00 bits per heavy atom. The van der Waals surface area contributed by atoms with Gasteiger partial charge in [-0.05, 0) is 30.0 Å². The summed E-state index contributed by atoms with van der Waals surface area (Å²) < 4.78 is 12.5. The van der Waals surface area contributed by atoms with Gasteiger partial charge in [0.25, 0.3) is 0 Å². The Hall–Kier alpha value is -1.18. The Morgan fingerprint density at radius 1 is 1.33 bits per heavy atom. The Bertz CT molecular complexity index is 291. The topological polar surface area (TPSA) is 17.1 Å². The van der Waals surface area contributed by atoms with Crippen molar-refractivity contribution in [1.29, 1.82) is 0 Å². The van der Waals surface area contributed by atoms with Crippen LogP contribution in [0.4, 0.5) is 4.39 Å². The fourth-order valence-electron chi connectivity index (χ4n) is 1.46. The third-order valence-electron chi connectivity index (χ3n) is 2.31. The highest BCUT2D eigenvalue weighted by Gasteiger charge is 2.37. The maximum absolute atomic E-state index is 12.5. The Labute approximate surface area is 70.2 Å². The zero-order valence-electron chi connectivity index (χ0n) is 6.53. The van der Waals surface area contributed by atoms with E-state index in [4.69, 9.17) is 0 Å². The molecule has 0 aromatic heterocycles. The van der Waals surface area contributed by atoms with E-state index in [9.17, 15) is 9.18 Å². The van der Waals surface area contributed by atoms with Crippen LogP contribution in [0.1, 0.15) is 17.9 Å². The van der Waals surface area contributed by atoms with Gasteiger partial charge in [-0.1, -0.05) is 12.1 Å². The monoisotopic (exact) mass is 164 g/mol. The summed E-state index contributed by atoms with van der Waals surface area (Å²) in [7, 11) is 0. The average Bonchev–Trinajstić information content (AvgIpc) is 2.85. The molecule has 1 nitrogen and oxygen atoms in total. The predicted molar refractivity (Wildman–Crippen MR) is 43.3 cm³/mol. The summed E-state index contributed by atoms with van der Waals surface area (Å²) >= 11 is 0. The second-order valence-corrected chi connectivity index (χ2v) is 3.19. The standard InChI is InChI=1S/C10H9FO/c11-9-3-1-7(2-4-9)10-5-8(10)6-12/h1-4,6,8,10H,5H2/t8-,10-/m1/s1. The van der Waals surface area contributed by atoms with Crippen molar-refractivity contribution in [2.45, 2.75) is 12.3 Å². The minimum absolute atomic E-state index is 0.176. The Morgan fingerprint density at radius 3 is 2.50 bits per heavy atom.